The van der Waals surface area contributed by atoms with Gasteiger partial charge in [-0.25, -0.2) is 9.37 Å². The second-order valence-electron chi connectivity index (χ2n) is 7.14. The van der Waals surface area contributed by atoms with Crippen molar-refractivity contribution in [2.45, 2.75) is 12.8 Å². The first-order valence-corrected chi connectivity index (χ1v) is 9.71. The zero-order valence-electron chi connectivity index (χ0n) is 16.4. The number of morpholine rings is 1. The van der Waals surface area contributed by atoms with Crippen molar-refractivity contribution in [3.05, 3.63) is 52.1 Å². The van der Waals surface area contributed by atoms with Gasteiger partial charge in [0.2, 0.25) is 0 Å². The quantitative estimate of drug-likeness (QED) is 0.642. The first-order chi connectivity index (χ1) is 14.1. The van der Waals surface area contributed by atoms with Gasteiger partial charge in [0.05, 0.1) is 24.9 Å². The van der Waals surface area contributed by atoms with Gasteiger partial charge in [0, 0.05) is 51.4 Å². The van der Waals surface area contributed by atoms with Crippen molar-refractivity contribution in [1.29, 1.82) is 0 Å². The molecule has 1 aromatic carbocycles. The summed E-state index contributed by atoms with van der Waals surface area (Å²) >= 11 is 0. The van der Waals surface area contributed by atoms with Crippen LogP contribution in [0.15, 0.2) is 29.3 Å². The molecule has 0 aliphatic carbocycles. The number of hydrogen-bond donors (Lipinski definition) is 1. The molecule has 0 unspecified atom stereocenters. The van der Waals surface area contributed by atoms with Gasteiger partial charge in [-0.15, -0.1) is 0 Å². The van der Waals surface area contributed by atoms with Crippen LogP contribution in [0.25, 0.3) is 10.9 Å². The number of benzene rings is 1. The van der Waals surface area contributed by atoms with Crippen molar-refractivity contribution in [2.24, 2.45) is 7.05 Å². The smallest absolute Gasteiger partial charge is 0.261 e. The van der Waals surface area contributed by atoms with E-state index in [1.54, 1.807) is 16.9 Å². The Balaban J connectivity index is 1.47. The summed E-state index contributed by atoms with van der Waals surface area (Å²) < 4.78 is 27.3. The monoisotopic (exact) mass is 401 g/mol. The molecular weight excluding hydrogens is 377 g/mol. The Bertz CT molecular complexity index is 1040. The summed E-state index contributed by atoms with van der Waals surface area (Å²) in [6, 6.07) is 2.87. The fourth-order valence-corrected chi connectivity index (χ4v) is 3.43. The topological polar surface area (TPSA) is 85.3 Å². The van der Waals surface area contributed by atoms with E-state index in [1.807, 2.05) is 13.2 Å². The molecule has 1 aliphatic rings. The van der Waals surface area contributed by atoms with Crippen LogP contribution >= 0.6 is 0 Å². The molecule has 29 heavy (non-hydrogen) atoms. The van der Waals surface area contributed by atoms with E-state index in [1.165, 1.54) is 6.07 Å². The number of nitrogens with one attached hydrogen (secondary N) is 1. The van der Waals surface area contributed by atoms with Crippen LogP contribution < -0.4 is 10.3 Å². The van der Waals surface area contributed by atoms with Crippen molar-refractivity contribution in [2.75, 3.05) is 39.5 Å². The molecule has 3 heterocycles. The Morgan fingerprint density at radius 1 is 1.28 bits per heavy atom. The first-order valence-electron chi connectivity index (χ1n) is 9.71. The van der Waals surface area contributed by atoms with E-state index in [2.05, 4.69) is 20.0 Å². The lowest BCUT2D eigenvalue weighted by Crippen LogP contribution is -2.38. The summed E-state index contributed by atoms with van der Waals surface area (Å²) in [5.41, 5.74) is 0.867. The highest BCUT2D eigenvalue weighted by Gasteiger charge is 2.13. The van der Waals surface area contributed by atoms with E-state index >= 15 is 0 Å². The van der Waals surface area contributed by atoms with Gasteiger partial charge in [-0.05, 0) is 12.0 Å². The molecular formula is C20H24FN5O3. The molecule has 0 radical (unpaired) electrons. The Kier molecular flexibility index (Phi) is 5.86. The molecule has 1 N–H and O–H groups in total. The van der Waals surface area contributed by atoms with Gasteiger partial charge in [-0.3, -0.25) is 14.4 Å². The summed E-state index contributed by atoms with van der Waals surface area (Å²) in [5, 5.41) is 4.08. The number of ether oxygens (including phenoxy) is 2. The van der Waals surface area contributed by atoms with Gasteiger partial charge in [0.25, 0.3) is 5.56 Å². The van der Waals surface area contributed by atoms with Crippen LogP contribution in [-0.2, 0) is 24.6 Å². The van der Waals surface area contributed by atoms with Crippen molar-refractivity contribution >= 4 is 10.9 Å². The minimum atomic E-state index is -0.628. The lowest BCUT2D eigenvalue weighted by atomic mass is 10.1. The van der Waals surface area contributed by atoms with Gasteiger partial charge in [-0.1, -0.05) is 0 Å². The summed E-state index contributed by atoms with van der Waals surface area (Å²) in [5.74, 6) is 0.257. The average Bonchev–Trinajstić information content (AvgIpc) is 3.12. The third-order valence-corrected chi connectivity index (χ3v) is 4.97. The average molecular weight is 401 g/mol. The van der Waals surface area contributed by atoms with Gasteiger partial charge < -0.3 is 14.5 Å². The lowest BCUT2D eigenvalue weighted by molar-refractivity contribution is 0.0322. The molecule has 1 saturated heterocycles. The van der Waals surface area contributed by atoms with E-state index in [9.17, 15) is 9.18 Å². The molecule has 1 aliphatic heterocycles. The zero-order valence-corrected chi connectivity index (χ0v) is 16.4. The lowest BCUT2D eigenvalue weighted by Gasteiger charge is -2.26. The maximum atomic E-state index is 14.5. The van der Waals surface area contributed by atoms with Crippen LogP contribution in [0.5, 0.6) is 5.75 Å². The van der Waals surface area contributed by atoms with Crippen molar-refractivity contribution in [1.82, 2.24) is 24.6 Å². The molecule has 154 valence electrons. The third kappa shape index (κ3) is 4.80. The van der Waals surface area contributed by atoms with Crippen LogP contribution in [0, 0.1) is 5.82 Å². The Morgan fingerprint density at radius 3 is 2.86 bits per heavy atom. The van der Waals surface area contributed by atoms with Gasteiger partial charge in [0.15, 0.2) is 0 Å². The second kappa shape index (κ2) is 8.71. The largest absolute Gasteiger partial charge is 0.492 e. The number of rotatable bonds is 7. The number of fused-ring (bicyclic) bond motifs is 1. The summed E-state index contributed by atoms with van der Waals surface area (Å²) in [4.78, 5) is 21.7. The number of H-pyrrole nitrogens is 1. The number of nitrogens with zero attached hydrogens (tertiary/aromatic N) is 4. The molecule has 1 fully saturated rings. The number of aryl methyl sites for hydroxylation is 3. The SMILES string of the molecule is Cn1cc(CCc2nc3cc(OCCN4CCOCC4)cc(F)c3c(=O)[nH]2)cn1. The van der Waals surface area contributed by atoms with E-state index < -0.39 is 11.4 Å². The molecule has 9 heteroatoms. The second-order valence-corrected chi connectivity index (χ2v) is 7.14. The highest BCUT2D eigenvalue weighted by Crippen LogP contribution is 2.21. The molecule has 4 rings (SSSR count). The molecule has 0 spiro atoms. The van der Waals surface area contributed by atoms with Crippen molar-refractivity contribution in [3.63, 3.8) is 0 Å². The Hall–Kier alpha value is -2.78. The van der Waals surface area contributed by atoms with E-state index in [0.29, 0.717) is 36.5 Å². The van der Waals surface area contributed by atoms with Crippen LogP contribution in [0.4, 0.5) is 4.39 Å². The Labute approximate surface area is 167 Å². The molecule has 0 saturated carbocycles. The molecule has 8 nitrogen and oxygen atoms in total. The maximum absolute atomic E-state index is 14.5. The normalized spacial score (nSPS) is 15.1. The van der Waals surface area contributed by atoms with Crippen molar-refractivity contribution in [3.8, 4) is 5.75 Å². The highest BCUT2D eigenvalue weighted by atomic mass is 19.1. The molecule has 3 aromatic rings. The minimum absolute atomic E-state index is 0.0457. The third-order valence-electron chi connectivity index (χ3n) is 4.97. The summed E-state index contributed by atoms with van der Waals surface area (Å²) in [6.45, 7) is 4.35. The van der Waals surface area contributed by atoms with Crippen molar-refractivity contribution < 1.29 is 13.9 Å². The van der Waals surface area contributed by atoms with Crippen LogP contribution in [-0.4, -0.2) is 64.1 Å². The number of aromatic amines is 1. The highest BCUT2D eigenvalue weighted by molar-refractivity contribution is 5.79. The molecule has 2 aromatic heterocycles. The summed E-state index contributed by atoms with van der Waals surface area (Å²) in [6.07, 6.45) is 4.90. The maximum Gasteiger partial charge on any atom is 0.261 e. The van der Waals surface area contributed by atoms with E-state index in [-0.39, 0.29) is 5.39 Å². The molecule has 0 amide bonds. The van der Waals surface area contributed by atoms with Gasteiger partial charge >= 0.3 is 0 Å². The predicted octanol–water partition coefficient (Wildman–Crippen LogP) is 1.29. The number of hydrogen-bond acceptors (Lipinski definition) is 6. The summed E-state index contributed by atoms with van der Waals surface area (Å²) in [7, 11) is 1.85. The van der Waals surface area contributed by atoms with Crippen LogP contribution in [0.3, 0.4) is 0 Å². The first kappa shape index (κ1) is 19.5. The minimum Gasteiger partial charge on any atom is -0.492 e. The zero-order chi connectivity index (χ0) is 20.2. The fourth-order valence-electron chi connectivity index (χ4n) is 3.43. The number of halogens is 1. The fraction of sp³-hybridized carbons (Fsp3) is 0.450. The predicted molar refractivity (Wildman–Crippen MR) is 106 cm³/mol. The number of aromatic nitrogens is 4. The van der Waals surface area contributed by atoms with E-state index in [4.69, 9.17) is 9.47 Å². The van der Waals surface area contributed by atoms with E-state index in [0.717, 1.165) is 38.4 Å². The van der Waals surface area contributed by atoms with Gasteiger partial charge in [-0.2, -0.15) is 5.10 Å². The van der Waals surface area contributed by atoms with Crippen LogP contribution in [0.1, 0.15) is 11.4 Å². The molecule has 0 atom stereocenters. The Morgan fingerprint density at radius 2 is 2.10 bits per heavy atom. The van der Waals surface area contributed by atoms with Crippen LogP contribution in [0.2, 0.25) is 0 Å². The standard InChI is InChI=1S/C20H24FN5O3/c1-25-13-14(12-22-25)2-3-18-23-17-11-15(10-16(21)19(17)20(27)24-18)29-9-6-26-4-7-28-8-5-26/h10-13H,2-9H2,1H3,(H,23,24,27). The van der Waals surface area contributed by atoms with Gasteiger partial charge in [0.1, 0.15) is 29.4 Å². The molecule has 0 bridgehead atoms.